The van der Waals surface area contributed by atoms with Crippen LogP contribution in [-0.2, 0) is 23.0 Å². The zero-order valence-electron chi connectivity index (χ0n) is 12.7. The largest absolute Gasteiger partial charge is 0.370 e. The molecular weight excluding hydrogens is 280 g/mol. The average Bonchev–Trinajstić information content (AvgIpc) is 2.99. The van der Waals surface area contributed by atoms with E-state index in [-0.39, 0.29) is 12.0 Å². The van der Waals surface area contributed by atoms with Crippen molar-refractivity contribution < 1.29 is 9.53 Å². The third-order valence-corrected chi connectivity index (χ3v) is 4.01. The van der Waals surface area contributed by atoms with Crippen LogP contribution in [0.1, 0.15) is 23.8 Å². The van der Waals surface area contributed by atoms with Crippen LogP contribution in [-0.4, -0.2) is 45.3 Å². The highest BCUT2D eigenvalue weighted by Gasteiger charge is 2.25. The summed E-state index contributed by atoms with van der Waals surface area (Å²) in [5.74, 6) is 0.170. The molecule has 6 nitrogen and oxygen atoms in total. The fraction of sp³-hybridized carbons (Fsp3) is 0.438. The Morgan fingerprint density at radius 1 is 1.32 bits per heavy atom. The Kier molecular flexibility index (Phi) is 4.48. The molecule has 0 aromatic carbocycles. The smallest absolute Gasteiger partial charge is 0.223 e. The van der Waals surface area contributed by atoms with Gasteiger partial charge in [-0.05, 0) is 30.2 Å². The van der Waals surface area contributed by atoms with Gasteiger partial charge in [0.25, 0.3) is 0 Å². The van der Waals surface area contributed by atoms with Gasteiger partial charge < -0.3 is 9.64 Å². The molecule has 0 unspecified atom stereocenters. The van der Waals surface area contributed by atoms with E-state index in [9.17, 15) is 4.79 Å². The summed E-state index contributed by atoms with van der Waals surface area (Å²) in [6.07, 6.45) is 6.42. The van der Waals surface area contributed by atoms with E-state index in [0.717, 1.165) is 11.3 Å². The van der Waals surface area contributed by atoms with Crippen LogP contribution in [0.15, 0.2) is 36.8 Å². The molecule has 0 bridgehead atoms. The van der Waals surface area contributed by atoms with Gasteiger partial charge in [-0.1, -0.05) is 0 Å². The molecule has 2 aromatic heterocycles. The van der Waals surface area contributed by atoms with E-state index >= 15 is 0 Å². The summed E-state index contributed by atoms with van der Waals surface area (Å²) in [5.41, 5.74) is 2.14. The Bertz CT molecular complexity index is 626. The number of aryl methyl sites for hydroxylation is 2. The van der Waals surface area contributed by atoms with Crippen LogP contribution in [0.5, 0.6) is 0 Å². The minimum Gasteiger partial charge on any atom is -0.370 e. The molecule has 1 aliphatic rings. The van der Waals surface area contributed by atoms with Gasteiger partial charge in [0.1, 0.15) is 6.10 Å². The van der Waals surface area contributed by atoms with Crippen molar-refractivity contribution in [2.24, 2.45) is 7.05 Å². The number of morpholine rings is 1. The molecule has 116 valence electrons. The second-order valence-corrected chi connectivity index (χ2v) is 5.43. The normalized spacial score (nSPS) is 18.4. The molecule has 0 saturated carbocycles. The van der Waals surface area contributed by atoms with Crippen molar-refractivity contribution in [2.75, 3.05) is 19.7 Å². The summed E-state index contributed by atoms with van der Waals surface area (Å²) in [4.78, 5) is 18.3. The highest BCUT2D eigenvalue weighted by molar-refractivity contribution is 5.76. The van der Waals surface area contributed by atoms with Gasteiger partial charge in [-0.15, -0.1) is 0 Å². The predicted octanol–water partition coefficient (Wildman–Crippen LogP) is 1.35. The molecule has 0 radical (unpaired) electrons. The number of carbonyl (C=O) groups is 1. The number of nitrogens with zero attached hydrogens (tertiary/aromatic N) is 4. The average molecular weight is 300 g/mol. The van der Waals surface area contributed by atoms with E-state index < -0.39 is 0 Å². The number of pyridine rings is 1. The molecular formula is C16H20N4O2. The van der Waals surface area contributed by atoms with Crippen molar-refractivity contribution in [3.8, 4) is 0 Å². The Labute approximate surface area is 129 Å². The van der Waals surface area contributed by atoms with Gasteiger partial charge in [0.05, 0.1) is 13.2 Å². The highest BCUT2D eigenvalue weighted by Crippen LogP contribution is 2.22. The molecule has 6 heteroatoms. The fourth-order valence-electron chi connectivity index (χ4n) is 2.70. The third-order valence-electron chi connectivity index (χ3n) is 4.01. The number of carbonyl (C=O) groups excluding carboxylic acids is 1. The zero-order chi connectivity index (χ0) is 15.4. The Morgan fingerprint density at radius 3 is 2.86 bits per heavy atom. The van der Waals surface area contributed by atoms with Gasteiger partial charge in [0.2, 0.25) is 5.91 Å². The minimum absolute atomic E-state index is 0.0580. The second kappa shape index (κ2) is 6.70. The van der Waals surface area contributed by atoms with Gasteiger partial charge in [-0.3, -0.25) is 14.5 Å². The molecule has 0 spiro atoms. The van der Waals surface area contributed by atoms with Gasteiger partial charge >= 0.3 is 0 Å². The van der Waals surface area contributed by atoms with E-state index in [4.69, 9.17) is 4.74 Å². The number of rotatable bonds is 4. The number of amides is 1. The van der Waals surface area contributed by atoms with Crippen LogP contribution in [0.3, 0.4) is 0 Å². The summed E-state index contributed by atoms with van der Waals surface area (Å²) in [6.45, 7) is 1.84. The van der Waals surface area contributed by atoms with Crippen LogP contribution in [0.25, 0.3) is 0 Å². The highest BCUT2D eigenvalue weighted by atomic mass is 16.5. The van der Waals surface area contributed by atoms with E-state index in [1.807, 2.05) is 34.8 Å². The van der Waals surface area contributed by atoms with E-state index in [1.165, 1.54) is 0 Å². The SMILES string of the molecule is Cn1nccc1CCC(=O)N1CCO[C@@H](c2ccncc2)C1. The van der Waals surface area contributed by atoms with Gasteiger partial charge in [-0.2, -0.15) is 5.10 Å². The molecule has 3 rings (SSSR count). The first kappa shape index (κ1) is 14.7. The molecule has 1 fully saturated rings. The van der Waals surface area contributed by atoms with Crippen molar-refractivity contribution in [2.45, 2.75) is 18.9 Å². The molecule has 1 saturated heterocycles. The van der Waals surface area contributed by atoms with Crippen molar-refractivity contribution >= 4 is 5.91 Å². The predicted molar refractivity (Wildman–Crippen MR) is 81.0 cm³/mol. The topological polar surface area (TPSA) is 60.2 Å². The first-order valence-corrected chi connectivity index (χ1v) is 7.50. The van der Waals surface area contributed by atoms with E-state index in [0.29, 0.717) is 32.5 Å². The van der Waals surface area contributed by atoms with Crippen LogP contribution in [0.2, 0.25) is 0 Å². The van der Waals surface area contributed by atoms with Crippen LogP contribution >= 0.6 is 0 Å². The van der Waals surface area contributed by atoms with Crippen molar-refractivity contribution in [1.82, 2.24) is 19.7 Å². The van der Waals surface area contributed by atoms with Crippen LogP contribution in [0, 0.1) is 0 Å². The summed E-state index contributed by atoms with van der Waals surface area (Å²) < 4.78 is 7.59. The molecule has 1 aliphatic heterocycles. The van der Waals surface area contributed by atoms with Gasteiger partial charge in [0.15, 0.2) is 0 Å². The Balaban J connectivity index is 1.57. The lowest BCUT2D eigenvalue weighted by atomic mass is 10.1. The first-order valence-electron chi connectivity index (χ1n) is 7.50. The second-order valence-electron chi connectivity index (χ2n) is 5.43. The molecule has 3 heterocycles. The lowest BCUT2D eigenvalue weighted by molar-refractivity contribution is -0.139. The maximum absolute atomic E-state index is 12.4. The fourth-order valence-corrected chi connectivity index (χ4v) is 2.70. The van der Waals surface area contributed by atoms with Crippen molar-refractivity contribution in [3.05, 3.63) is 48.0 Å². The zero-order valence-corrected chi connectivity index (χ0v) is 12.7. The van der Waals surface area contributed by atoms with Crippen LogP contribution in [0.4, 0.5) is 0 Å². The Morgan fingerprint density at radius 2 is 2.14 bits per heavy atom. The number of ether oxygens (including phenoxy) is 1. The molecule has 0 N–H and O–H groups in total. The summed E-state index contributed by atoms with van der Waals surface area (Å²) in [7, 11) is 1.90. The van der Waals surface area contributed by atoms with Crippen molar-refractivity contribution in [3.63, 3.8) is 0 Å². The number of aromatic nitrogens is 3. The molecule has 0 aliphatic carbocycles. The maximum Gasteiger partial charge on any atom is 0.223 e. The Hall–Kier alpha value is -2.21. The first-order chi connectivity index (χ1) is 10.7. The molecule has 1 atom stereocenters. The number of hydrogen-bond acceptors (Lipinski definition) is 4. The molecule has 2 aromatic rings. The standard InChI is InChI=1S/C16H20N4O2/c1-19-14(6-9-18-19)2-3-16(21)20-10-11-22-15(12-20)13-4-7-17-8-5-13/h4-9,15H,2-3,10-12H2,1H3/t15-/m1/s1. The van der Waals surface area contributed by atoms with Gasteiger partial charge in [0, 0.05) is 44.3 Å². The molecule has 22 heavy (non-hydrogen) atoms. The summed E-state index contributed by atoms with van der Waals surface area (Å²) >= 11 is 0. The number of hydrogen-bond donors (Lipinski definition) is 0. The van der Waals surface area contributed by atoms with Crippen LogP contribution < -0.4 is 0 Å². The lowest BCUT2D eigenvalue weighted by Crippen LogP contribution is -2.42. The van der Waals surface area contributed by atoms with Gasteiger partial charge in [-0.25, -0.2) is 0 Å². The summed E-state index contributed by atoms with van der Waals surface area (Å²) in [5, 5.41) is 4.12. The quantitative estimate of drug-likeness (QED) is 0.855. The lowest BCUT2D eigenvalue weighted by Gasteiger charge is -2.33. The third kappa shape index (κ3) is 3.33. The van der Waals surface area contributed by atoms with Crippen molar-refractivity contribution in [1.29, 1.82) is 0 Å². The maximum atomic E-state index is 12.4. The minimum atomic E-state index is -0.0580. The monoisotopic (exact) mass is 300 g/mol. The van der Waals surface area contributed by atoms with E-state index in [2.05, 4.69) is 10.1 Å². The molecule has 1 amide bonds. The summed E-state index contributed by atoms with van der Waals surface area (Å²) in [6, 6.07) is 5.83. The van der Waals surface area contributed by atoms with E-state index in [1.54, 1.807) is 18.6 Å².